The highest BCUT2D eigenvalue weighted by Gasteiger charge is 2.15. The van der Waals surface area contributed by atoms with Gasteiger partial charge >= 0.3 is 11.6 Å². The Bertz CT molecular complexity index is 1290. The van der Waals surface area contributed by atoms with Gasteiger partial charge < -0.3 is 9.15 Å². The number of rotatable bonds is 3. The van der Waals surface area contributed by atoms with Crippen LogP contribution in [0.4, 0.5) is 4.39 Å². The third-order valence-corrected chi connectivity index (χ3v) is 4.79. The standard InChI is InChI=1S/C23H14ClFO4/c1-13-19-10-9-18(28-22(26)15-3-2-4-17(25)11-15)12-20(19)29-23(27)21(13)14-5-7-16(24)8-6-14/h2-12H,1H3. The number of halogens is 2. The zero-order valence-corrected chi connectivity index (χ0v) is 16.0. The third-order valence-electron chi connectivity index (χ3n) is 4.54. The average Bonchev–Trinajstić information content (AvgIpc) is 2.69. The maximum absolute atomic E-state index is 13.3. The minimum atomic E-state index is -0.708. The van der Waals surface area contributed by atoms with Gasteiger partial charge in [-0.2, -0.15) is 0 Å². The second-order valence-electron chi connectivity index (χ2n) is 6.45. The molecule has 0 fully saturated rings. The van der Waals surface area contributed by atoms with Gasteiger partial charge in [0.05, 0.1) is 11.1 Å². The summed E-state index contributed by atoms with van der Waals surface area (Å²) in [6.07, 6.45) is 0. The zero-order chi connectivity index (χ0) is 20.5. The van der Waals surface area contributed by atoms with Gasteiger partial charge in [0.1, 0.15) is 17.1 Å². The molecule has 4 nitrogen and oxygen atoms in total. The maximum Gasteiger partial charge on any atom is 0.344 e. The largest absolute Gasteiger partial charge is 0.423 e. The predicted octanol–water partition coefficient (Wildman–Crippen LogP) is 5.78. The van der Waals surface area contributed by atoms with Gasteiger partial charge in [0.2, 0.25) is 0 Å². The molecule has 29 heavy (non-hydrogen) atoms. The summed E-state index contributed by atoms with van der Waals surface area (Å²) in [5.41, 5.74) is 1.74. The predicted molar refractivity (Wildman–Crippen MR) is 109 cm³/mol. The lowest BCUT2D eigenvalue weighted by atomic mass is 10.00. The number of hydrogen-bond donors (Lipinski definition) is 0. The Morgan fingerprint density at radius 1 is 1.03 bits per heavy atom. The molecule has 3 aromatic carbocycles. The highest BCUT2D eigenvalue weighted by atomic mass is 35.5. The van der Waals surface area contributed by atoms with Gasteiger partial charge in [-0.1, -0.05) is 29.8 Å². The fraction of sp³-hybridized carbons (Fsp3) is 0.0435. The van der Waals surface area contributed by atoms with Crippen molar-refractivity contribution in [3.05, 3.63) is 99.1 Å². The van der Waals surface area contributed by atoms with Crippen molar-refractivity contribution < 1.29 is 18.3 Å². The second-order valence-corrected chi connectivity index (χ2v) is 6.89. The van der Waals surface area contributed by atoms with Crippen LogP contribution in [0.5, 0.6) is 5.75 Å². The fourth-order valence-corrected chi connectivity index (χ4v) is 3.26. The molecule has 0 aliphatic carbocycles. The lowest BCUT2D eigenvalue weighted by Crippen LogP contribution is -2.09. The van der Waals surface area contributed by atoms with Crippen LogP contribution < -0.4 is 10.4 Å². The van der Waals surface area contributed by atoms with Crippen molar-refractivity contribution in [1.82, 2.24) is 0 Å². The van der Waals surface area contributed by atoms with Gasteiger partial charge in [-0.25, -0.2) is 14.0 Å². The zero-order valence-electron chi connectivity index (χ0n) is 15.2. The van der Waals surface area contributed by atoms with Crippen LogP contribution in [0.15, 0.2) is 75.9 Å². The average molecular weight is 409 g/mol. The van der Waals surface area contributed by atoms with E-state index >= 15 is 0 Å². The van der Waals surface area contributed by atoms with E-state index in [1.165, 1.54) is 24.3 Å². The van der Waals surface area contributed by atoms with E-state index in [9.17, 15) is 14.0 Å². The van der Waals surface area contributed by atoms with Crippen molar-refractivity contribution in [3.8, 4) is 16.9 Å². The molecule has 4 aromatic rings. The smallest absolute Gasteiger partial charge is 0.344 e. The molecule has 6 heteroatoms. The van der Waals surface area contributed by atoms with Crippen molar-refractivity contribution in [2.24, 2.45) is 0 Å². The second kappa shape index (κ2) is 7.53. The Labute approximate surface area is 170 Å². The molecule has 4 rings (SSSR count). The summed E-state index contributed by atoms with van der Waals surface area (Å²) in [7, 11) is 0. The van der Waals surface area contributed by atoms with Gasteiger partial charge in [0, 0.05) is 16.5 Å². The van der Waals surface area contributed by atoms with Crippen LogP contribution in [0.2, 0.25) is 5.02 Å². The van der Waals surface area contributed by atoms with Crippen molar-refractivity contribution in [2.75, 3.05) is 0 Å². The molecule has 0 aliphatic heterocycles. The Kier molecular flexibility index (Phi) is 4.91. The van der Waals surface area contributed by atoms with Crippen LogP contribution in [0, 0.1) is 12.7 Å². The summed E-state index contributed by atoms with van der Waals surface area (Å²) in [6.45, 7) is 1.82. The highest BCUT2D eigenvalue weighted by molar-refractivity contribution is 6.30. The van der Waals surface area contributed by atoms with E-state index in [2.05, 4.69) is 0 Å². The van der Waals surface area contributed by atoms with Gasteiger partial charge in [-0.15, -0.1) is 0 Å². The summed E-state index contributed by atoms with van der Waals surface area (Å²) in [5.74, 6) is -1.05. The number of fused-ring (bicyclic) bond motifs is 1. The van der Waals surface area contributed by atoms with E-state index in [1.807, 2.05) is 6.92 Å². The molecule has 0 amide bonds. The minimum Gasteiger partial charge on any atom is -0.423 e. The summed E-state index contributed by atoms with van der Waals surface area (Å²) in [4.78, 5) is 24.8. The molecule has 0 radical (unpaired) electrons. The number of esters is 1. The highest BCUT2D eigenvalue weighted by Crippen LogP contribution is 2.29. The first kappa shape index (κ1) is 18.9. The lowest BCUT2D eigenvalue weighted by molar-refractivity contribution is 0.0734. The van der Waals surface area contributed by atoms with Crippen LogP contribution in [-0.2, 0) is 0 Å². The Morgan fingerprint density at radius 2 is 1.79 bits per heavy atom. The van der Waals surface area contributed by atoms with Crippen molar-refractivity contribution in [3.63, 3.8) is 0 Å². The monoisotopic (exact) mass is 408 g/mol. The van der Waals surface area contributed by atoms with E-state index < -0.39 is 17.4 Å². The summed E-state index contributed by atoms with van der Waals surface area (Å²) >= 11 is 5.92. The molecule has 0 aliphatic rings. The van der Waals surface area contributed by atoms with E-state index in [4.69, 9.17) is 20.8 Å². The van der Waals surface area contributed by atoms with Crippen molar-refractivity contribution >= 4 is 28.5 Å². The van der Waals surface area contributed by atoms with Crippen LogP contribution in [-0.4, -0.2) is 5.97 Å². The molecule has 0 atom stereocenters. The Morgan fingerprint density at radius 3 is 2.52 bits per heavy atom. The molecule has 0 saturated carbocycles. The molecule has 1 aromatic heterocycles. The quantitative estimate of drug-likeness (QED) is 0.245. The SMILES string of the molecule is Cc1c(-c2ccc(Cl)cc2)c(=O)oc2cc(OC(=O)c3cccc(F)c3)ccc12. The van der Waals surface area contributed by atoms with Crippen molar-refractivity contribution in [2.45, 2.75) is 6.92 Å². The summed E-state index contributed by atoms with van der Waals surface area (Å²) in [5, 5.41) is 1.28. The van der Waals surface area contributed by atoms with Gasteiger partial charge in [-0.3, -0.25) is 0 Å². The lowest BCUT2D eigenvalue weighted by Gasteiger charge is -2.10. The molecule has 0 spiro atoms. The van der Waals surface area contributed by atoms with Gasteiger partial charge in [0.15, 0.2) is 0 Å². The van der Waals surface area contributed by atoms with Crippen LogP contribution >= 0.6 is 11.6 Å². The summed E-state index contributed by atoms with van der Waals surface area (Å²) < 4.78 is 24.1. The number of benzene rings is 3. The van der Waals surface area contributed by atoms with Crippen LogP contribution in [0.25, 0.3) is 22.1 Å². The molecule has 144 valence electrons. The summed E-state index contributed by atoms with van der Waals surface area (Å²) in [6, 6.07) is 16.9. The van der Waals surface area contributed by atoms with Crippen LogP contribution in [0.1, 0.15) is 15.9 Å². The van der Waals surface area contributed by atoms with Crippen LogP contribution in [0.3, 0.4) is 0 Å². The number of aryl methyl sites for hydroxylation is 1. The number of hydrogen-bond acceptors (Lipinski definition) is 4. The molecular weight excluding hydrogens is 395 g/mol. The molecule has 0 saturated heterocycles. The van der Waals surface area contributed by atoms with E-state index in [-0.39, 0.29) is 16.9 Å². The van der Waals surface area contributed by atoms with E-state index in [1.54, 1.807) is 36.4 Å². The molecule has 1 heterocycles. The first-order valence-corrected chi connectivity index (χ1v) is 9.11. The molecular formula is C23H14ClFO4. The molecule has 0 N–H and O–H groups in total. The molecule has 0 bridgehead atoms. The Hall–Kier alpha value is -3.44. The topological polar surface area (TPSA) is 56.5 Å². The molecule has 0 unspecified atom stereocenters. The number of ether oxygens (including phenoxy) is 1. The number of carbonyl (C=O) groups excluding carboxylic acids is 1. The minimum absolute atomic E-state index is 0.0841. The van der Waals surface area contributed by atoms with Crippen molar-refractivity contribution in [1.29, 1.82) is 0 Å². The third kappa shape index (κ3) is 3.77. The van der Waals surface area contributed by atoms with E-state index in [0.717, 1.165) is 11.6 Å². The van der Waals surface area contributed by atoms with E-state index in [0.29, 0.717) is 21.5 Å². The first-order chi connectivity index (χ1) is 13.9. The normalized spacial score (nSPS) is 10.9. The van der Waals surface area contributed by atoms with Gasteiger partial charge in [0.25, 0.3) is 0 Å². The first-order valence-electron chi connectivity index (χ1n) is 8.73. The maximum atomic E-state index is 13.3. The van der Waals surface area contributed by atoms with Gasteiger partial charge in [-0.05, 0) is 60.5 Å². The number of carbonyl (C=O) groups is 1. The Balaban J connectivity index is 1.72. The fourth-order valence-electron chi connectivity index (χ4n) is 3.13.